The van der Waals surface area contributed by atoms with Crippen molar-refractivity contribution in [2.24, 2.45) is 0 Å². The first-order valence-corrected chi connectivity index (χ1v) is 9.41. The minimum absolute atomic E-state index is 0.0922. The van der Waals surface area contributed by atoms with Crippen LogP contribution >= 0.6 is 11.3 Å². The summed E-state index contributed by atoms with van der Waals surface area (Å²) in [5.74, 6) is 0.301. The number of rotatable bonds is 6. The van der Waals surface area contributed by atoms with Crippen LogP contribution in [0.2, 0.25) is 0 Å². The average molecular weight is 362 g/mol. The SMILES string of the molecule is CC(=O)NCCNC(=O)CCc1nc2sc3c(c2c(=O)[nH]1)CCCC3. The van der Waals surface area contributed by atoms with E-state index in [1.54, 1.807) is 11.3 Å². The molecule has 134 valence electrons. The van der Waals surface area contributed by atoms with E-state index in [0.717, 1.165) is 29.5 Å². The van der Waals surface area contributed by atoms with Gasteiger partial charge in [-0.15, -0.1) is 11.3 Å². The molecule has 8 heteroatoms. The Labute approximate surface area is 149 Å². The largest absolute Gasteiger partial charge is 0.355 e. The number of carbonyl (C=O) groups is 2. The molecule has 2 aromatic rings. The van der Waals surface area contributed by atoms with Crippen LogP contribution in [0.3, 0.4) is 0 Å². The second-order valence-corrected chi connectivity index (χ2v) is 7.32. The van der Waals surface area contributed by atoms with E-state index in [4.69, 9.17) is 0 Å². The van der Waals surface area contributed by atoms with Crippen LogP contribution in [0.25, 0.3) is 10.2 Å². The predicted molar refractivity (Wildman–Crippen MR) is 96.9 cm³/mol. The Kier molecular flexibility index (Phi) is 5.47. The fourth-order valence-corrected chi connectivity index (χ4v) is 4.37. The molecule has 2 heterocycles. The Morgan fingerprint density at radius 1 is 1.20 bits per heavy atom. The molecule has 0 radical (unpaired) electrons. The van der Waals surface area contributed by atoms with Crippen molar-refractivity contribution in [3.05, 3.63) is 26.6 Å². The van der Waals surface area contributed by atoms with Crippen molar-refractivity contribution in [1.29, 1.82) is 0 Å². The van der Waals surface area contributed by atoms with Crippen molar-refractivity contribution >= 4 is 33.4 Å². The highest BCUT2D eigenvalue weighted by Crippen LogP contribution is 2.33. The molecule has 0 saturated carbocycles. The molecule has 0 unspecified atom stereocenters. The number of aromatic amines is 1. The first-order chi connectivity index (χ1) is 12.0. The van der Waals surface area contributed by atoms with Gasteiger partial charge in [0.1, 0.15) is 10.7 Å². The summed E-state index contributed by atoms with van der Waals surface area (Å²) in [6.45, 7) is 2.23. The molecular weight excluding hydrogens is 340 g/mol. The van der Waals surface area contributed by atoms with Crippen molar-refractivity contribution in [3.63, 3.8) is 0 Å². The number of carbonyl (C=O) groups excluding carboxylic acids is 2. The topological polar surface area (TPSA) is 104 Å². The quantitative estimate of drug-likeness (QED) is 0.668. The standard InChI is InChI=1S/C17H22N4O3S/c1-10(22)18-8-9-19-14(23)7-6-13-20-16(24)15-11-4-2-3-5-12(11)25-17(15)21-13/h2-9H2,1H3,(H,18,22)(H,19,23)(H,20,21,24). The molecule has 25 heavy (non-hydrogen) atoms. The summed E-state index contributed by atoms with van der Waals surface area (Å²) >= 11 is 1.61. The van der Waals surface area contributed by atoms with E-state index in [-0.39, 0.29) is 23.8 Å². The molecule has 1 aliphatic carbocycles. The average Bonchev–Trinajstić information content (AvgIpc) is 2.95. The van der Waals surface area contributed by atoms with Crippen molar-refractivity contribution in [1.82, 2.24) is 20.6 Å². The smallest absolute Gasteiger partial charge is 0.259 e. The Balaban J connectivity index is 1.61. The number of aryl methyl sites for hydroxylation is 3. The summed E-state index contributed by atoms with van der Waals surface area (Å²) < 4.78 is 0. The lowest BCUT2D eigenvalue weighted by molar-refractivity contribution is -0.122. The highest BCUT2D eigenvalue weighted by molar-refractivity contribution is 7.18. The molecule has 0 aliphatic heterocycles. The molecule has 0 bridgehead atoms. The number of H-pyrrole nitrogens is 1. The van der Waals surface area contributed by atoms with Gasteiger partial charge in [-0.3, -0.25) is 14.4 Å². The molecule has 0 spiro atoms. The number of amides is 2. The lowest BCUT2D eigenvalue weighted by Gasteiger charge is -2.09. The normalized spacial score (nSPS) is 13.5. The molecule has 0 atom stereocenters. The maximum atomic E-state index is 12.4. The number of nitrogens with zero attached hydrogens (tertiary/aromatic N) is 1. The molecule has 3 N–H and O–H groups in total. The molecule has 1 aliphatic rings. The van der Waals surface area contributed by atoms with E-state index in [9.17, 15) is 14.4 Å². The van der Waals surface area contributed by atoms with Gasteiger partial charge in [-0.05, 0) is 31.2 Å². The molecular formula is C17H22N4O3S. The summed E-state index contributed by atoms with van der Waals surface area (Å²) in [4.78, 5) is 44.5. The van der Waals surface area contributed by atoms with Crippen molar-refractivity contribution in [3.8, 4) is 0 Å². The maximum absolute atomic E-state index is 12.4. The summed E-state index contributed by atoms with van der Waals surface area (Å²) in [5.41, 5.74) is 1.08. The Hall–Kier alpha value is -2.22. The summed E-state index contributed by atoms with van der Waals surface area (Å²) in [6.07, 6.45) is 4.92. The minimum Gasteiger partial charge on any atom is -0.355 e. The highest BCUT2D eigenvalue weighted by atomic mass is 32.1. The van der Waals surface area contributed by atoms with Crippen LogP contribution in [-0.4, -0.2) is 34.9 Å². The number of thiophene rings is 1. The van der Waals surface area contributed by atoms with Crippen LogP contribution < -0.4 is 16.2 Å². The van der Waals surface area contributed by atoms with Gasteiger partial charge in [0.05, 0.1) is 5.39 Å². The van der Waals surface area contributed by atoms with Gasteiger partial charge in [0.15, 0.2) is 0 Å². The van der Waals surface area contributed by atoms with Crippen molar-refractivity contribution in [2.45, 2.75) is 45.4 Å². The number of aromatic nitrogens is 2. The van der Waals surface area contributed by atoms with Crippen LogP contribution in [0.1, 0.15) is 42.5 Å². The van der Waals surface area contributed by atoms with E-state index >= 15 is 0 Å². The van der Waals surface area contributed by atoms with E-state index in [2.05, 4.69) is 20.6 Å². The number of nitrogens with one attached hydrogen (secondary N) is 3. The third-order valence-electron chi connectivity index (χ3n) is 4.28. The zero-order valence-corrected chi connectivity index (χ0v) is 15.1. The van der Waals surface area contributed by atoms with E-state index in [1.165, 1.54) is 23.8 Å². The van der Waals surface area contributed by atoms with Crippen LogP contribution in [0, 0.1) is 0 Å². The van der Waals surface area contributed by atoms with Crippen molar-refractivity contribution < 1.29 is 9.59 Å². The fourth-order valence-electron chi connectivity index (χ4n) is 3.09. The van der Waals surface area contributed by atoms with Crippen LogP contribution in [-0.2, 0) is 28.9 Å². The third-order valence-corrected chi connectivity index (χ3v) is 5.47. The predicted octanol–water partition coefficient (Wildman–Crippen LogP) is 1.05. The number of hydrogen-bond acceptors (Lipinski definition) is 5. The zero-order chi connectivity index (χ0) is 17.8. The Morgan fingerprint density at radius 3 is 2.76 bits per heavy atom. The van der Waals surface area contributed by atoms with Gasteiger partial charge >= 0.3 is 0 Å². The van der Waals surface area contributed by atoms with E-state index < -0.39 is 0 Å². The summed E-state index contributed by atoms with van der Waals surface area (Å²) in [7, 11) is 0. The van der Waals surface area contributed by atoms with Gasteiger partial charge in [-0.2, -0.15) is 0 Å². The lowest BCUT2D eigenvalue weighted by Crippen LogP contribution is -2.33. The third kappa shape index (κ3) is 4.25. The second-order valence-electron chi connectivity index (χ2n) is 6.24. The molecule has 3 rings (SSSR count). The van der Waals surface area contributed by atoms with Gasteiger partial charge in [0.2, 0.25) is 11.8 Å². The fraction of sp³-hybridized carbons (Fsp3) is 0.529. The van der Waals surface area contributed by atoms with Crippen LogP contribution in [0.4, 0.5) is 0 Å². The molecule has 0 saturated heterocycles. The Bertz CT molecular complexity index is 855. The second kappa shape index (κ2) is 7.77. The molecule has 7 nitrogen and oxygen atoms in total. The van der Waals surface area contributed by atoms with Gasteiger partial charge < -0.3 is 15.6 Å². The van der Waals surface area contributed by atoms with Gasteiger partial charge in [-0.25, -0.2) is 4.98 Å². The van der Waals surface area contributed by atoms with Gasteiger partial charge in [-0.1, -0.05) is 0 Å². The first kappa shape index (κ1) is 17.6. The summed E-state index contributed by atoms with van der Waals surface area (Å²) in [6, 6.07) is 0. The molecule has 0 aromatic carbocycles. The van der Waals surface area contributed by atoms with Gasteiger partial charge in [0.25, 0.3) is 5.56 Å². The van der Waals surface area contributed by atoms with Gasteiger partial charge in [0, 0.05) is 37.7 Å². The molecule has 0 fully saturated rings. The minimum atomic E-state index is -0.126. The lowest BCUT2D eigenvalue weighted by atomic mass is 9.97. The van der Waals surface area contributed by atoms with E-state index in [1.807, 2.05) is 0 Å². The monoisotopic (exact) mass is 362 g/mol. The van der Waals surface area contributed by atoms with Crippen molar-refractivity contribution in [2.75, 3.05) is 13.1 Å². The van der Waals surface area contributed by atoms with Crippen LogP contribution in [0.15, 0.2) is 4.79 Å². The first-order valence-electron chi connectivity index (χ1n) is 8.59. The molecule has 2 amide bonds. The Morgan fingerprint density at radius 2 is 1.96 bits per heavy atom. The van der Waals surface area contributed by atoms with Crippen LogP contribution in [0.5, 0.6) is 0 Å². The summed E-state index contributed by atoms with van der Waals surface area (Å²) in [5, 5.41) is 6.08. The highest BCUT2D eigenvalue weighted by Gasteiger charge is 2.19. The van der Waals surface area contributed by atoms with E-state index in [0.29, 0.717) is 25.3 Å². The maximum Gasteiger partial charge on any atom is 0.259 e. The number of hydrogen-bond donors (Lipinski definition) is 3. The molecule has 2 aromatic heterocycles. The zero-order valence-electron chi connectivity index (χ0n) is 14.2. The number of fused-ring (bicyclic) bond motifs is 3.